The minimum Gasteiger partial charge on any atom is -0.450 e. The molecule has 0 bridgehead atoms. The number of para-hydroxylation sites is 1. The number of carbonyl (C=O) groups excluding carboxylic acids is 1. The van der Waals surface area contributed by atoms with Crippen LogP contribution in [0.3, 0.4) is 0 Å². The molecule has 1 aromatic carbocycles. The van der Waals surface area contributed by atoms with Crippen molar-refractivity contribution in [2.24, 2.45) is 0 Å². The van der Waals surface area contributed by atoms with Gasteiger partial charge in [-0.25, -0.2) is 0 Å². The lowest BCUT2D eigenvalue weighted by Crippen LogP contribution is -2.30. The van der Waals surface area contributed by atoms with E-state index in [1.165, 1.54) is 0 Å². The molecule has 1 amide bonds. The lowest BCUT2D eigenvalue weighted by molar-refractivity contribution is 0.0926. The molecule has 0 saturated carbocycles. The van der Waals surface area contributed by atoms with Crippen LogP contribution in [0.4, 0.5) is 0 Å². The molecule has 3 aromatic rings. The van der Waals surface area contributed by atoms with Crippen LogP contribution in [0, 0.1) is 6.92 Å². The molecule has 0 aliphatic rings. The van der Waals surface area contributed by atoms with Crippen molar-refractivity contribution >= 4 is 27.8 Å². The highest BCUT2D eigenvalue weighted by atomic mass is 16.3. The van der Waals surface area contributed by atoms with E-state index in [2.05, 4.69) is 29.0 Å². The topological polar surface area (TPSA) is 58.4 Å². The van der Waals surface area contributed by atoms with E-state index >= 15 is 0 Å². The number of hydrogen-bond donors (Lipinski definition) is 1. The number of amides is 1. The van der Waals surface area contributed by atoms with Gasteiger partial charge in [0.15, 0.2) is 5.76 Å². The Morgan fingerprint density at radius 1 is 1.11 bits per heavy atom. The highest BCUT2D eigenvalue weighted by Crippen LogP contribution is 2.29. The molecule has 3 rings (SSSR count). The number of carbonyl (C=O) groups is 1. The first-order valence-electron chi connectivity index (χ1n) is 9.93. The van der Waals surface area contributed by atoms with E-state index in [0.717, 1.165) is 66.5 Å². The van der Waals surface area contributed by atoms with Crippen LogP contribution >= 0.6 is 0 Å². The minimum absolute atomic E-state index is 0.160. The molecule has 0 spiro atoms. The summed E-state index contributed by atoms with van der Waals surface area (Å²) in [6, 6.07) is 9.66. The summed E-state index contributed by atoms with van der Waals surface area (Å²) in [6.45, 7) is 10.2. The SMILES string of the molecule is CCCN(CCC)CCCNC(=O)c1cc2c(C)nc3ccccc3c2o1. The van der Waals surface area contributed by atoms with Crippen LogP contribution in [-0.2, 0) is 0 Å². The normalized spacial score (nSPS) is 11.6. The summed E-state index contributed by atoms with van der Waals surface area (Å²) in [5.41, 5.74) is 2.50. The van der Waals surface area contributed by atoms with Crippen molar-refractivity contribution in [1.82, 2.24) is 15.2 Å². The molecule has 2 heterocycles. The molecule has 0 saturated heterocycles. The van der Waals surface area contributed by atoms with Crippen LogP contribution in [0.5, 0.6) is 0 Å². The Labute approximate surface area is 160 Å². The molecular formula is C22H29N3O2. The maximum atomic E-state index is 12.5. The van der Waals surface area contributed by atoms with Gasteiger partial charge >= 0.3 is 0 Å². The third-order valence-corrected chi connectivity index (χ3v) is 4.80. The maximum absolute atomic E-state index is 12.5. The Hall–Kier alpha value is -2.40. The Bertz CT molecular complexity index is 910. The predicted octanol–water partition coefficient (Wildman–Crippen LogP) is 4.53. The first-order valence-corrected chi connectivity index (χ1v) is 9.93. The first-order chi connectivity index (χ1) is 13.1. The summed E-state index contributed by atoms with van der Waals surface area (Å²) in [4.78, 5) is 19.6. The summed E-state index contributed by atoms with van der Waals surface area (Å²) in [7, 11) is 0. The number of furan rings is 1. The van der Waals surface area contributed by atoms with Gasteiger partial charge in [0.1, 0.15) is 5.58 Å². The third kappa shape index (κ3) is 4.48. The molecule has 1 N–H and O–H groups in total. The molecule has 27 heavy (non-hydrogen) atoms. The summed E-state index contributed by atoms with van der Waals surface area (Å²) in [5.74, 6) is 0.192. The Morgan fingerprint density at radius 2 is 1.85 bits per heavy atom. The average molecular weight is 367 g/mol. The molecule has 0 radical (unpaired) electrons. The maximum Gasteiger partial charge on any atom is 0.287 e. The van der Waals surface area contributed by atoms with Crippen molar-refractivity contribution in [3.05, 3.63) is 41.8 Å². The monoisotopic (exact) mass is 367 g/mol. The highest BCUT2D eigenvalue weighted by Gasteiger charge is 2.16. The lowest BCUT2D eigenvalue weighted by atomic mass is 10.1. The smallest absolute Gasteiger partial charge is 0.287 e. The molecule has 0 atom stereocenters. The molecule has 2 aromatic heterocycles. The molecule has 0 aliphatic heterocycles. The van der Waals surface area contributed by atoms with Crippen molar-refractivity contribution in [3.63, 3.8) is 0 Å². The second-order valence-corrected chi connectivity index (χ2v) is 7.02. The average Bonchev–Trinajstić information content (AvgIpc) is 3.12. The van der Waals surface area contributed by atoms with Crippen molar-refractivity contribution in [2.45, 2.75) is 40.0 Å². The van der Waals surface area contributed by atoms with Gasteiger partial charge in [-0.05, 0) is 64.0 Å². The highest BCUT2D eigenvalue weighted by molar-refractivity contribution is 6.06. The van der Waals surface area contributed by atoms with Crippen molar-refractivity contribution in [1.29, 1.82) is 0 Å². The van der Waals surface area contributed by atoms with E-state index in [-0.39, 0.29) is 5.91 Å². The summed E-state index contributed by atoms with van der Waals surface area (Å²) < 4.78 is 5.92. The second kappa shape index (κ2) is 9.00. The van der Waals surface area contributed by atoms with Gasteiger partial charge < -0.3 is 14.6 Å². The third-order valence-electron chi connectivity index (χ3n) is 4.80. The molecule has 144 valence electrons. The van der Waals surface area contributed by atoms with Crippen LogP contribution in [0.2, 0.25) is 0 Å². The number of aromatic nitrogens is 1. The molecule has 0 fully saturated rings. The number of benzene rings is 1. The van der Waals surface area contributed by atoms with Crippen LogP contribution in [0.1, 0.15) is 49.4 Å². The number of nitrogens with zero attached hydrogens (tertiary/aromatic N) is 2. The van der Waals surface area contributed by atoms with E-state index in [4.69, 9.17) is 4.42 Å². The zero-order valence-corrected chi connectivity index (χ0v) is 16.5. The summed E-state index contributed by atoms with van der Waals surface area (Å²) >= 11 is 0. The molecule has 0 unspecified atom stereocenters. The second-order valence-electron chi connectivity index (χ2n) is 7.02. The van der Waals surface area contributed by atoms with Crippen LogP contribution < -0.4 is 5.32 Å². The number of aryl methyl sites for hydroxylation is 1. The molecule has 5 heteroatoms. The minimum atomic E-state index is -0.160. The number of pyridine rings is 1. The van der Waals surface area contributed by atoms with Gasteiger partial charge in [-0.1, -0.05) is 26.0 Å². The Kier molecular flexibility index (Phi) is 6.45. The van der Waals surface area contributed by atoms with Gasteiger partial charge in [-0.3, -0.25) is 9.78 Å². The van der Waals surface area contributed by atoms with E-state index < -0.39 is 0 Å². The summed E-state index contributed by atoms with van der Waals surface area (Å²) in [6.07, 6.45) is 3.26. The zero-order valence-electron chi connectivity index (χ0n) is 16.5. The predicted molar refractivity (Wildman–Crippen MR) is 110 cm³/mol. The van der Waals surface area contributed by atoms with Gasteiger partial charge in [0.25, 0.3) is 5.91 Å². The van der Waals surface area contributed by atoms with Crippen LogP contribution in [0.25, 0.3) is 21.9 Å². The largest absolute Gasteiger partial charge is 0.450 e. The first kappa shape index (κ1) is 19.4. The fourth-order valence-corrected chi connectivity index (χ4v) is 3.54. The van der Waals surface area contributed by atoms with Gasteiger partial charge in [-0.2, -0.15) is 0 Å². The van der Waals surface area contributed by atoms with E-state index in [9.17, 15) is 4.79 Å². The number of nitrogens with one attached hydrogen (secondary N) is 1. The number of fused-ring (bicyclic) bond motifs is 3. The number of rotatable bonds is 9. The van der Waals surface area contributed by atoms with Gasteiger partial charge in [0.05, 0.1) is 5.52 Å². The Balaban J connectivity index is 1.66. The number of hydrogen-bond acceptors (Lipinski definition) is 4. The zero-order chi connectivity index (χ0) is 19.2. The van der Waals surface area contributed by atoms with Crippen molar-refractivity contribution < 1.29 is 9.21 Å². The Morgan fingerprint density at radius 3 is 2.59 bits per heavy atom. The van der Waals surface area contributed by atoms with Crippen LogP contribution in [-0.4, -0.2) is 42.0 Å². The standard InChI is InChI=1S/C22H29N3O2/c1-4-12-25(13-5-2)14-8-11-23-22(26)20-15-18-16(3)24-19-10-7-6-9-17(19)21(18)27-20/h6-7,9-10,15H,4-5,8,11-14H2,1-3H3,(H,23,26). The van der Waals surface area contributed by atoms with Gasteiger partial charge in [0, 0.05) is 23.0 Å². The van der Waals surface area contributed by atoms with E-state index in [1.54, 1.807) is 6.07 Å². The van der Waals surface area contributed by atoms with Gasteiger partial charge in [0.2, 0.25) is 0 Å². The van der Waals surface area contributed by atoms with E-state index in [0.29, 0.717) is 12.3 Å². The quantitative estimate of drug-likeness (QED) is 0.565. The van der Waals surface area contributed by atoms with Gasteiger partial charge in [-0.15, -0.1) is 0 Å². The van der Waals surface area contributed by atoms with E-state index in [1.807, 2.05) is 31.2 Å². The van der Waals surface area contributed by atoms with Crippen molar-refractivity contribution in [3.8, 4) is 0 Å². The fourth-order valence-electron chi connectivity index (χ4n) is 3.54. The molecule has 0 aliphatic carbocycles. The molecule has 5 nitrogen and oxygen atoms in total. The van der Waals surface area contributed by atoms with Crippen molar-refractivity contribution in [2.75, 3.05) is 26.2 Å². The van der Waals surface area contributed by atoms with Crippen LogP contribution in [0.15, 0.2) is 34.7 Å². The summed E-state index contributed by atoms with van der Waals surface area (Å²) in [5, 5.41) is 4.82. The fraction of sp³-hybridized carbons (Fsp3) is 0.455. The molecular weight excluding hydrogens is 338 g/mol. The lowest BCUT2D eigenvalue weighted by Gasteiger charge is -2.20.